The van der Waals surface area contributed by atoms with Crippen molar-refractivity contribution < 1.29 is 22.4 Å². The van der Waals surface area contributed by atoms with Crippen LogP contribution < -0.4 is 4.90 Å². The van der Waals surface area contributed by atoms with E-state index in [9.17, 15) is 22.4 Å². The molecule has 2 aromatic rings. The number of carbonyl (C=O) groups is 1. The van der Waals surface area contributed by atoms with Gasteiger partial charge in [0.25, 0.3) is 5.91 Å². The van der Waals surface area contributed by atoms with Gasteiger partial charge in [0.05, 0.1) is 10.6 Å². The molecular formula is C18H15ClF4N2O. The van der Waals surface area contributed by atoms with E-state index in [0.29, 0.717) is 37.4 Å². The number of halogens is 5. The second-order valence-electron chi connectivity index (χ2n) is 5.95. The predicted molar refractivity (Wildman–Crippen MR) is 91.0 cm³/mol. The van der Waals surface area contributed by atoms with Gasteiger partial charge >= 0.3 is 6.18 Å². The summed E-state index contributed by atoms with van der Waals surface area (Å²) in [5, 5.41) is -0.341. The maximum atomic E-state index is 13.0. The Labute approximate surface area is 152 Å². The van der Waals surface area contributed by atoms with Crippen molar-refractivity contribution in [3.8, 4) is 0 Å². The fourth-order valence-corrected chi connectivity index (χ4v) is 3.09. The van der Waals surface area contributed by atoms with Crippen molar-refractivity contribution in [1.82, 2.24) is 4.90 Å². The van der Waals surface area contributed by atoms with Gasteiger partial charge in [0.2, 0.25) is 0 Å². The molecule has 0 bridgehead atoms. The second kappa shape index (κ2) is 7.15. The Morgan fingerprint density at radius 3 is 2.15 bits per heavy atom. The molecule has 0 saturated carbocycles. The average Bonchev–Trinajstić information content (AvgIpc) is 2.61. The van der Waals surface area contributed by atoms with Crippen LogP contribution in [0.5, 0.6) is 0 Å². The number of benzene rings is 2. The lowest BCUT2D eigenvalue weighted by Crippen LogP contribution is -2.48. The lowest BCUT2D eigenvalue weighted by molar-refractivity contribution is -0.137. The van der Waals surface area contributed by atoms with Crippen LogP contribution in [0.2, 0.25) is 5.02 Å². The maximum absolute atomic E-state index is 13.0. The monoisotopic (exact) mass is 386 g/mol. The van der Waals surface area contributed by atoms with Gasteiger partial charge in [-0.05, 0) is 42.5 Å². The fraction of sp³-hybridized carbons (Fsp3) is 0.278. The quantitative estimate of drug-likeness (QED) is 0.711. The first kappa shape index (κ1) is 18.5. The van der Waals surface area contributed by atoms with Gasteiger partial charge in [0.15, 0.2) is 0 Å². The molecule has 0 aromatic heterocycles. The van der Waals surface area contributed by atoms with Gasteiger partial charge in [-0.2, -0.15) is 13.2 Å². The number of alkyl halides is 3. The molecule has 26 heavy (non-hydrogen) atoms. The smallest absolute Gasteiger partial charge is 0.368 e. The molecule has 8 heteroatoms. The molecule has 1 saturated heterocycles. The summed E-state index contributed by atoms with van der Waals surface area (Å²) in [6.45, 7) is 1.51. The van der Waals surface area contributed by atoms with E-state index < -0.39 is 17.6 Å². The number of nitrogens with zero attached hydrogens (tertiary/aromatic N) is 2. The number of piperazine rings is 1. The molecule has 0 N–H and O–H groups in total. The Morgan fingerprint density at radius 2 is 1.58 bits per heavy atom. The van der Waals surface area contributed by atoms with Gasteiger partial charge in [-0.1, -0.05) is 11.6 Å². The lowest BCUT2D eigenvalue weighted by Gasteiger charge is -2.36. The van der Waals surface area contributed by atoms with E-state index in [2.05, 4.69) is 0 Å². The highest BCUT2D eigenvalue weighted by molar-refractivity contribution is 6.31. The molecule has 1 fully saturated rings. The summed E-state index contributed by atoms with van der Waals surface area (Å²) in [4.78, 5) is 15.8. The lowest BCUT2D eigenvalue weighted by atomic mass is 10.1. The van der Waals surface area contributed by atoms with E-state index in [-0.39, 0.29) is 10.9 Å². The van der Waals surface area contributed by atoms with Crippen molar-refractivity contribution in [2.24, 2.45) is 0 Å². The van der Waals surface area contributed by atoms with Crippen molar-refractivity contribution >= 4 is 23.2 Å². The third-order valence-electron chi connectivity index (χ3n) is 4.28. The Balaban J connectivity index is 1.69. The molecule has 1 amide bonds. The number of rotatable bonds is 2. The van der Waals surface area contributed by atoms with Crippen LogP contribution in [0.3, 0.4) is 0 Å². The Morgan fingerprint density at radius 1 is 0.962 bits per heavy atom. The van der Waals surface area contributed by atoms with E-state index in [1.165, 1.54) is 36.4 Å². The van der Waals surface area contributed by atoms with Crippen LogP contribution in [0.4, 0.5) is 23.2 Å². The molecule has 0 radical (unpaired) electrons. The largest absolute Gasteiger partial charge is 0.417 e. The fourth-order valence-electron chi connectivity index (χ4n) is 2.87. The highest BCUT2D eigenvalue weighted by Gasteiger charge is 2.34. The molecule has 3 nitrogen and oxygen atoms in total. The van der Waals surface area contributed by atoms with Crippen LogP contribution in [0, 0.1) is 5.82 Å². The van der Waals surface area contributed by atoms with Crippen molar-refractivity contribution in [2.75, 3.05) is 31.1 Å². The first-order valence-electron chi connectivity index (χ1n) is 7.92. The van der Waals surface area contributed by atoms with Crippen molar-refractivity contribution in [3.05, 3.63) is 64.4 Å². The van der Waals surface area contributed by atoms with Gasteiger partial charge < -0.3 is 9.80 Å². The van der Waals surface area contributed by atoms with E-state index in [4.69, 9.17) is 11.6 Å². The SMILES string of the molecule is O=C(c1ccc(F)cc1)N1CCN(c2ccc(Cl)c(C(F)(F)F)c2)CC1. The third-order valence-corrected chi connectivity index (χ3v) is 4.61. The van der Waals surface area contributed by atoms with E-state index in [1.54, 1.807) is 9.80 Å². The van der Waals surface area contributed by atoms with Gasteiger partial charge in [-0.25, -0.2) is 4.39 Å². The molecule has 2 aromatic carbocycles. The topological polar surface area (TPSA) is 23.6 Å². The summed E-state index contributed by atoms with van der Waals surface area (Å²) in [5.74, 6) is -0.647. The van der Waals surface area contributed by atoms with Gasteiger partial charge in [0.1, 0.15) is 5.82 Å². The van der Waals surface area contributed by atoms with Crippen LogP contribution in [0.15, 0.2) is 42.5 Å². The number of amides is 1. The predicted octanol–water partition coefficient (Wildman–Crippen LogP) is 4.46. The first-order chi connectivity index (χ1) is 12.3. The maximum Gasteiger partial charge on any atom is 0.417 e. The van der Waals surface area contributed by atoms with Crippen LogP contribution in [0.1, 0.15) is 15.9 Å². The van der Waals surface area contributed by atoms with Crippen molar-refractivity contribution in [3.63, 3.8) is 0 Å². The molecular weight excluding hydrogens is 372 g/mol. The molecule has 1 heterocycles. The summed E-state index contributed by atoms with van der Waals surface area (Å²) in [6.07, 6.45) is -4.52. The minimum absolute atomic E-state index is 0.225. The molecule has 1 aliphatic rings. The van der Waals surface area contributed by atoms with Crippen LogP contribution in [0.25, 0.3) is 0 Å². The zero-order valence-electron chi connectivity index (χ0n) is 13.6. The van der Waals surface area contributed by atoms with E-state index in [1.807, 2.05) is 0 Å². The first-order valence-corrected chi connectivity index (χ1v) is 8.30. The van der Waals surface area contributed by atoms with Crippen LogP contribution >= 0.6 is 11.6 Å². The molecule has 3 rings (SSSR count). The number of carbonyl (C=O) groups excluding carboxylic acids is 1. The third kappa shape index (κ3) is 3.93. The molecule has 138 valence electrons. The Kier molecular flexibility index (Phi) is 5.09. The molecule has 0 unspecified atom stereocenters. The zero-order valence-corrected chi connectivity index (χ0v) is 14.3. The molecule has 1 aliphatic heterocycles. The molecule has 0 aliphatic carbocycles. The Hall–Kier alpha value is -2.28. The standard InChI is InChI=1S/C18H15ClF4N2O/c19-16-6-5-14(11-15(16)18(21,22)23)24-7-9-25(10-8-24)17(26)12-1-3-13(20)4-2-12/h1-6,11H,7-10H2. The van der Waals surface area contributed by atoms with E-state index in [0.717, 1.165) is 6.07 Å². The van der Waals surface area contributed by atoms with Crippen molar-refractivity contribution in [2.45, 2.75) is 6.18 Å². The second-order valence-corrected chi connectivity index (χ2v) is 6.36. The van der Waals surface area contributed by atoms with Crippen LogP contribution in [-0.4, -0.2) is 37.0 Å². The highest BCUT2D eigenvalue weighted by Crippen LogP contribution is 2.37. The summed E-state index contributed by atoms with van der Waals surface area (Å²) in [6, 6.07) is 9.06. The number of hydrogen-bond acceptors (Lipinski definition) is 2. The zero-order chi connectivity index (χ0) is 18.9. The highest BCUT2D eigenvalue weighted by atomic mass is 35.5. The van der Waals surface area contributed by atoms with Gasteiger partial charge in [0, 0.05) is 37.4 Å². The van der Waals surface area contributed by atoms with Crippen LogP contribution in [-0.2, 0) is 6.18 Å². The van der Waals surface area contributed by atoms with Gasteiger partial charge in [-0.15, -0.1) is 0 Å². The summed E-state index contributed by atoms with van der Waals surface area (Å²) in [7, 11) is 0. The molecule has 0 atom stereocenters. The number of hydrogen-bond donors (Lipinski definition) is 0. The summed E-state index contributed by atoms with van der Waals surface area (Å²) >= 11 is 5.65. The Bertz CT molecular complexity index is 800. The minimum Gasteiger partial charge on any atom is -0.368 e. The number of anilines is 1. The van der Waals surface area contributed by atoms with Crippen molar-refractivity contribution in [1.29, 1.82) is 0 Å². The van der Waals surface area contributed by atoms with Gasteiger partial charge in [-0.3, -0.25) is 4.79 Å². The normalized spacial score (nSPS) is 15.3. The minimum atomic E-state index is -4.52. The average molecular weight is 387 g/mol. The molecule has 0 spiro atoms. The van der Waals surface area contributed by atoms with E-state index >= 15 is 0 Å². The summed E-state index contributed by atoms with van der Waals surface area (Å²) < 4.78 is 51.9. The summed E-state index contributed by atoms with van der Waals surface area (Å²) in [5.41, 5.74) is -0.0807.